The Morgan fingerprint density at radius 3 is 2.48 bits per heavy atom. The van der Waals surface area contributed by atoms with Gasteiger partial charge in [0, 0.05) is 4.32 Å². The van der Waals surface area contributed by atoms with E-state index in [0.29, 0.717) is 15.2 Å². The molecule has 23 heavy (non-hydrogen) atoms. The fourth-order valence-corrected chi connectivity index (χ4v) is 9.12. The van der Waals surface area contributed by atoms with Crippen molar-refractivity contribution in [1.29, 1.82) is 0 Å². The van der Waals surface area contributed by atoms with Gasteiger partial charge in [-0.15, -0.1) is 6.58 Å². The van der Waals surface area contributed by atoms with Gasteiger partial charge in [0.15, 0.2) is 0 Å². The Balaban J connectivity index is 1.68. The Morgan fingerprint density at radius 1 is 1.00 bits per heavy atom. The van der Waals surface area contributed by atoms with Gasteiger partial charge in [-0.3, -0.25) is 0 Å². The number of halogens is 1. The molecule has 0 radical (unpaired) electrons. The molecule has 0 amide bonds. The summed E-state index contributed by atoms with van der Waals surface area (Å²) in [5.41, 5.74) is 1.09. The average Bonchev–Trinajstić information content (AvgIpc) is 2.77. The van der Waals surface area contributed by atoms with Crippen molar-refractivity contribution in [2.75, 3.05) is 0 Å². The molecule has 4 saturated carbocycles. The summed E-state index contributed by atoms with van der Waals surface area (Å²) in [6.07, 6.45) is 15.4. The van der Waals surface area contributed by atoms with Crippen molar-refractivity contribution in [2.45, 2.75) is 82.9 Å². The Morgan fingerprint density at radius 2 is 1.74 bits per heavy atom. The van der Waals surface area contributed by atoms with Crippen molar-refractivity contribution in [3.8, 4) is 0 Å². The van der Waals surface area contributed by atoms with Crippen molar-refractivity contribution in [3.63, 3.8) is 0 Å². The van der Waals surface area contributed by atoms with Crippen LogP contribution in [-0.4, -0.2) is 4.32 Å². The molecular weight excluding hydrogens is 344 g/mol. The molecule has 0 spiro atoms. The van der Waals surface area contributed by atoms with Crippen molar-refractivity contribution < 1.29 is 0 Å². The predicted octanol–water partition coefficient (Wildman–Crippen LogP) is 6.98. The molecule has 0 nitrogen and oxygen atoms in total. The number of allylic oxidation sites excluding steroid dienone is 1. The topological polar surface area (TPSA) is 0 Å². The van der Waals surface area contributed by atoms with E-state index in [2.05, 4.69) is 49.4 Å². The molecule has 0 aromatic carbocycles. The highest BCUT2D eigenvalue weighted by atomic mass is 79.9. The van der Waals surface area contributed by atoms with Crippen LogP contribution in [0.2, 0.25) is 0 Å². The standard InChI is InChI=1S/C22H35Br/c1-5-17-15(2)14-19-16-8-13-22(23)11-7-6-10-21(22,4)18(16)9-12-20(17,19)3/h5,15-19H,1,6-14H2,2-4H3/t15-,16+,17-,18-,19-,20+,21+,22-/m0/s1. The molecule has 0 unspecified atom stereocenters. The van der Waals surface area contributed by atoms with Crippen LogP contribution in [-0.2, 0) is 0 Å². The second-order valence-electron chi connectivity index (χ2n) is 10.0. The van der Waals surface area contributed by atoms with Gasteiger partial charge in [-0.1, -0.05) is 55.6 Å². The molecular formula is C22H35Br. The van der Waals surface area contributed by atoms with E-state index < -0.39 is 0 Å². The van der Waals surface area contributed by atoms with E-state index in [1.54, 1.807) is 0 Å². The lowest BCUT2D eigenvalue weighted by molar-refractivity contribution is -0.0929. The van der Waals surface area contributed by atoms with Crippen LogP contribution in [0.25, 0.3) is 0 Å². The molecule has 4 aliphatic rings. The predicted molar refractivity (Wildman–Crippen MR) is 103 cm³/mol. The second-order valence-corrected chi connectivity index (χ2v) is 11.5. The van der Waals surface area contributed by atoms with E-state index in [0.717, 1.165) is 29.6 Å². The minimum atomic E-state index is 0.454. The minimum Gasteiger partial charge on any atom is -0.103 e. The molecule has 0 aromatic rings. The molecule has 4 aliphatic carbocycles. The van der Waals surface area contributed by atoms with E-state index in [9.17, 15) is 0 Å². The molecule has 130 valence electrons. The van der Waals surface area contributed by atoms with Crippen LogP contribution in [0.1, 0.15) is 78.6 Å². The summed E-state index contributed by atoms with van der Waals surface area (Å²) in [6.45, 7) is 12.0. The average molecular weight is 379 g/mol. The normalized spacial score (nSPS) is 58.9. The van der Waals surface area contributed by atoms with Gasteiger partial charge in [-0.25, -0.2) is 0 Å². The van der Waals surface area contributed by atoms with Gasteiger partial charge in [0.25, 0.3) is 0 Å². The van der Waals surface area contributed by atoms with E-state index in [1.807, 2.05) is 0 Å². The summed E-state index contributed by atoms with van der Waals surface area (Å²) in [4.78, 5) is 0. The van der Waals surface area contributed by atoms with Crippen LogP contribution >= 0.6 is 15.9 Å². The zero-order valence-electron chi connectivity index (χ0n) is 15.4. The zero-order valence-corrected chi connectivity index (χ0v) is 17.0. The summed E-state index contributed by atoms with van der Waals surface area (Å²) in [5.74, 6) is 4.49. The molecule has 0 saturated heterocycles. The highest BCUT2D eigenvalue weighted by Crippen LogP contribution is 2.70. The maximum Gasteiger partial charge on any atom is 0.0314 e. The Bertz CT molecular complexity index is 498. The van der Waals surface area contributed by atoms with E-state index >= 15 is 0 Å². The van der Waals surface area contributed by atoms with E-state index in [1.165, 1.54) is 57.8 Å². The maximum atomic E-state index is 4.30. The van der Waals surface area contributed by atoms with Gasteiger partial charge in [-0.2, -0.15) is 0 Å². The van der Waals surface area contributed by atoms with Crippen molar-refractivity contribution in [3.05, 3.63) is 12.7 Å². The molecule has 4 rings (SSSR count). The van der Waals surface area contributed by atoms with Gasteiger partial charge in [0.1, 0.15) is 0 Å². The van der Waals surface area contributed by atoms with Crippen LogP contribution in [0.3, 0.4) is 0 Å². The molecule has 1 heteroatoms. The third kappa shape index (κ3) is 2.07. The molecule has 0 bridgehead atoms. The summed E-state index contributed by atoms with van der Waals surface area (Å²) in [7, 11) is 0. The monoisotopic (exact) mass is 378 g/mol. The first-order valence-electron chi connectivity index (χ1n) is 10.2. The molecule has 0 aliphatic heterocycles. The van der Waals surface area contributed by atoms with Crippen molar-refractivity contribution in [2.24, 2.45) is 40.4 Å². The molecule has 4 fully saturated rings. The van der Waals surface area contributed by atoms with Gasteiger partial charge in [0.05, 0.1) is 0 Å². The van der Waals surface area contributed by atoms with Crippen LogP contribution in [0, 0.1) is 40.4 Å². The Kier molecular flexibility index (Phi) is 3.88. The van der Waals surface area contributed by atoms with E-state index in [4.69, 9.17) is 0 Å². The largest absolute Gasteiger partial charge is 0.103 e. The zero-order chi connectivity index (χ0) is 16.5. The lowest BCUT2D eigenvalue weighted by Crippen LogP contribution is -2.58. The molecule has 0 heterocycles. The van der Waals surface area contributed by atoms with Crippen LogP contribution in [0.15, 0.2) is 12.7 Å². The SMILES string of the molecule is C=C[C@H]1[C@@H](C)C[C@H]2[C@@H]3CC[C@@]4(Br)CCCC[C@]4(C)[C@H]3CC[C@]12C. The summed E-state index contributed by atoms with van der Waals surface area (Å²) >= 11 is 4.30. The quantitative estimate of drug-likeness (QED) is 0.340. The fourth-order valence-electron chi connectivity index (χ4n) is 8.12. The number of rotatable bonds is 1. The van der Waals surface area contributed by atoms with Gasteiger partial charge in [0.2, 0.25) is 0 Å². The van der Waals surface area contributed by atoms with E-state index in [-0.39, 0.29) is 0 Å². The van der Waals surface area contributed by atoms with Crippen molar-refractivity contribution >= 4 is 15.9 Å². The Hall–Kier alpha value is 0.220. The van der Waals surface area contributed by atoms with Crippen LogP contribution < -0.4 is 0 Å². The first-order chi connectivity index (χ1) is 10.9. The highest BCUT2D eigenvalue weighted by molar-refractivity contribution is 9.10. The number of hydrogen-bond acceptors (Lipinski definition) is 0. The number of alkyl halides is 1. The first kappa shape index (κ1) is 16.7. The molecule has 8 atom stereocenters. The fraction of sp³-hybridized carbons (Fsp3) is 0.909. The van der Waals surface area contributed by atoms with Crippen molar-refractivity contribution in [1.82, 2.24) is 0 Å². The first-order valence-corrected chi connectivity index (χ1v) is 11.0. The molecule has 0 N–H and O–H groups in total. The van der Waals surface area contributed by atoms with Gasteiger partial charge in [-0.05, 0) is 85.4 Å². The van der Waals surface area contributed by atoms with Gasteiger partial charge >= 0.3 is 0 Å². The number of hydrogen-bond donors (Lipinski definition) is 0. The summed E-state index contributed by atoms with van der Waals surface area (Å²) in [5, 5.41) is 0. The lowest BCUT2D eigenvalue weighted by atomic mass is 9.45. The van der Waals surface area contributed by atoms with Gasteiger partial charge < -0.3 is 0 Å². The Labute approximate surface area is 152 Å². The maximum absolute atomic E-state index is 4.30. The summed E-state index contributed by atoms with van der Waals surface area (Å²) < 4.78 is 0.454. The lowest BCUT2D eigenvalue weighted by Gasteiger charge is -2.63. The third-order valence-corrected chi connectivity index (χ3v) is 11.1. The number of fused-ring (bicyclic) bond motifs is 5. The molecule has 0 aromatic heterocycles. The smallest absolute Gasteiger partial charge is 0.0314 e. The van der Waals surface area contributed by atoms with Crippen LogP contribution in [0.5, 0.6) is 0 Å². The summed E-state index contributed by atoms with van der Waals surface area (Å²) in [6, 6.07) is 0. The van der Waals surface area contributed by atoms with Crippen LogP contribution in [0.4, 0.5) is 0 Å². The minimum absolute atomic E-state index is 0.454. The third-order valence-electron chi connectivity index (χ3n) is 9.36. The highest BCUT2D eigenvalue weighted by Gasteiger charge is 2.63. The second kappa shape index (κ2) is 5.36.